The highest BCUT2D eigenvalue weighted by Crippen LogP contribution is 2.20. The van der Waals surface area contributed by atoms with E-state index in [9.17, 15) is 4.79 Å². The third kappa shape index (κ3) is 5.45. The molecule has 0 aliphatic rings. The average Bonchev–Trinajstić information content (AvgIpc) is 1.81. The molecule has 0 aromatic carbocycles. The zero-order valence-electron chi connectivity index (χ0n) is 6.96. The summed E-state index contributed by atoms with van der Waals surface area (Å²) in [4.78, 5) is 10.3. The number of aliphatic carboxylic acids is 1. The molecule has 0 aliphatic heterocycles. The minimum absolute atomic E-state index is 0.112. The molecule has 0 saturated carbocycles. The maximum Gasteiger partial charge on any atom is 0.304 e. The molecule has 0 heterocycles. The van der Waals surface area contributed by atoms with Crippen LogP contribution >= 0.6 is 0 Å². The van der Waals surface area contributed by atoms with Crippen molar-refractivity contribution in [3.05, 3.63) is 12.8 Å². The van der Waals surface area contributed by atoms with Crippen LogP contribution in [-0.2, 0) is 9.53 Å². The molecule has 0 rings (SSSR count). The lowest BCUT2D eigenvalue weighted by atomic mass is 9.91. The van der Waals surface area contributed by atoms with Gasteiger partial charge in [-0.2, -0.15) is 0 Å². The van der Waals surface area contributed by atoms with Gasteiger partial charge in [-0.25, -0.2) is 0 Å². The SMILES string of the molecule is C=COCC(C)(C)CC(=O)O. The number of hydrogen-bond acceptors (Lipinski definition) is 2. The van der Waals surface area contributed by atoms with Crippen molar-refractivity contribution in [1.82, 2.24) is 0 Å². The van der Waals surface area contributed by atoms with Crippen LogP contribution in [-0.4, -0.2) is 17.7 Å². The van der Waals surface area contributed by atoms with Gasteiger partial charge in [0.1, 0.15) is 0 Å². The third-order valence-corrected chi connectivity index (χ3v) is 1.22. The van der Waals surface area contributed by atoms with Crippen molar-refractivity contribution in [1.29, 1.82) is 0 Å². The molecule has 11 heavy (non-hydrogen) atoms. The molecular weight excluding hydrogens is 144 g/mol. The van der Waals surface area contributed by atoms with Gasteiger partial charge in [-0.3, -0.25) is 4.79 Å². The summed E-state index contributed by atoms with van der Waals surface area (Å²) in [5.41, 5.74) is -0.319. The van der Waals surface area contributed by atoms with Gasteiger partial charge < -0.3 is 9.84 Å². The smallest absolute Gasteiger partial charge is 0.304 e. The van der Waals surface area contributed by atoms with E-state index in [1.165, 1.54) is 6.26 Å². The van der Waals surface area contributed by atoms with Gasteiger partial charge in [-0.05, 0) is 0 Å². The van der Waals surface area contributed by atoms with Crippen LogP contribution in [0.1, 0.15) is 20.3 Å². The Morgan fingerprint density at radius 1 is 1.73 bits per heavy atom. The first-order chi connectivity index (χ1) is 4.98. The van der Waals surface area contributed by atoms with Crippen molar-refractivity contribution in [2.45, 2.75) is 20.3 Å². The summed E-state index contributed by atoms with van der Waals surface area (Å²) in [6.07, 6.45) is 1.43. The Balaban J connectivity index is 3.78. The molecule has 3 heteroatoms. The van der Waals surface area contributed by atoms with Gasteiger partial charge in [0.25, 0.3) is 0 Å². The van der Waals surface area contributed by atoms with Crippen LogP contribution in [0.25, 0.3) is 0 Å². The van der Waals surface area contributed by atoms with Crippen LogP contribution in [0.3, 0.4) is 0 Å². The Morgan fingerprint density at radius 2 is 2.27 bits per heavy atom. The zero-order chi connectivity index (χ0) is 8.91. The van der Waals surface area contributed by atoms with Crippen molar-refractivity contribution in [2.75, 3.05) is 6.61 Å². The van der Waals surface area contributed by atoms with Crippen LogP contribution < -0.4 is 0 Å². The van der Waals surface area contributed by atoms with Crippen molar-refractivity contribution in [2.24, 2.45) is 5.41 Å². The van der Waals surface area contributed by atoms with Crippen LogP contribution in [0.5, 0.6) is 0 Å². The molecule has 0 unspecified atom stereocenters. The van der Waals surface area contributed by atoms with Crippen LogP contribution in [0.4, 0.5) is 0 Å². The molecule has 1 N–H and O–H groups in total. The normalized spacial score (nSPS) is 10.7. The van der Waals surface area contributed by atoms with Crippen LogP contribution in [0.2, 0.25) is 0 Å². The predicted molar refractivity (Wildman–Crippen MR) is 42.2 cm³/mol. The van der Waals surface area contributed by atoms with E-state index in [0.29, 0.717) is 6.61 Å². The minimum atomic E-state index is -0.803. The van der Waals surface area contributed by atoms with Crippen LogP contribution in [0.15, 0.2) is 12.8 Å². The molecule has 3 nitrogen and oxygen atoms in total. The Hall–Kier alpha value is -0.990. The lowest BCUT2D eigenvalue weighted by Gasteiger charge is -2.20. The highest BCUT2D eigenvalue weighted by molar-refractivity contribution is 5.67. The first-order valence-electron chi connectivity index (χ1n) is 3.42. The summed E-state index contributed by atoms with van der Waals surface area (Å²) < 4.78 is 4.90. The van der Waals surface area contributed by atoms with Crippen molar-refractivity contribution < 1.29 is 14.6 Å². The highest BCUT2D eigenvalue weighted by Gasteiger charge is 2.21. The van der Waals surface area contributed by atoms with E-state index in [0.717, 1.165) is 0 Å². The predicted octanol–water partition coefficient (Wildman–Crippen LogP) is 1.65. The van der Waals surface area contributed by atoms with E-state index >= 15 is 0 Å². The number of rotatable bonds is 5. The molecule has 64 valence electrons. The van der Waals surface area contributed by atoms with Gasteiger partial charge in [-0.1, -0.05) is 20.4 Å². The fourth-order valence-electron chi connectivity index (χ4n) is 0.745. The summed E-state index contributed by atoms with van der Waals surface area (Å²) in [6.45, 7) is 7.44. The number of carbonyl (C=O) groups is 1. The summed E-state index contributed by atoms with van der Waals surface area (Å²) in [5, 5.41) is 8.47. The lowest BCUT2D eigenvalue weighted by Crippen LogP contribution is -2.21. The summed E-state index contributed by atoms with van der Waals surface area (Å²) in [6, 6.07) is 0. The number of carboxylic acid groups (broad SMARTS) is 1. The molecular formula is C8H14O3. The number of ether oxygens (including phenoxy) is 1. The molecule has 0 spiro atoms. The minimum Gasteiger partial charge on any atom is -0.501 e. The summed E-state index contributed by atoms with van der Waals surface area (Å²) >= 11 is 0. The molecule has 0 bridgehead atoms. The van der Waals surface area contributed by atoms with E-state index in [1.54, 1.807) is 0 Å². The van der Waals surface area contributed by atoms with Crippen molar-refractivity contribution in [3.63, 3.8) is 0 Å². The van der Waals surface area contributed by atoms with Crippen molar-refractivity contribution in [3.8, 4) is 0 Å². The van der Waals surface area contributed by atoms with Gasteiger partial charge >= 0.3 is 5.97 Å². The first-order valence-corrected chi connectivity index (χ1v) is 3.42. The highest BCUT2D eigenvalue weighted by atomic mass is 16.5. The fraction of sp³-hybridized carbons (Fsp3) is 0.625. The van der Waals surface area contributed by atoms with Gasteiger partial charge in [0, 0.05) is 5.41 Å². The molecule has 0 aromatic heterocycles. The standard InChI is InChI=1S/C8H14O3/c1-4-11-6-8(2,3)5-7(9)10/h4H,1,5-6H2,2-3H3,(H,9,10). The second-order valence-corrected chi connectivity index (χ2v) is 3.21. The topological polar surface area (TPSA) is 46.5 Å². The monoisotopic (exact) mass is 158 g/mol. The molecule has 0 amide bonds. The molecule has 0 saturated heterocycles. The maximum atomic E-state index is 10.3. The molecule has 0 radical (unpaired) electrons. The second kappa shape index (κ2) is 4.01. The number of carboxylic acids is 1. The van der Waals surface area contributed by atoms with Gasteiger partial charge in [0.2, 0.25) is 0 Å². The molecule has 0 fully saturated rings. The quantitative estimate of drug-likeness (QED) is 0.619. The zero-order valence-corrected chi connectivity index (χ0v) is 6.96. The van der Waals surface area contributed by atoms with E-state index < -0.39 is 5.97 Å². The molecule has 0 aliphatic carbocycles. The Kier molecular flexibility index (Phi) is 3.65. The van der Waals surface area contributed by atoms with Crippen LogP contribution in [0, 0.1) is 5.41 Å². The number of hydrogen-bond donors (Lipinski definition) is 1. The van der Waals surface area contributed by atoms with Crippen molar-refractivity contribution >= 4 is 5.97 Å². The Labute approximate surface area is 66.7 Å². The fourth-order valence-corrected chi connectivity index (χ4v) is 0.745. The lowest BCUT2D eigenvalue weighted by molar-refractivity contribution is -0.139. The summed E-state index contributed by atoms with van der Waals surface area (Å²) in [7, 11) is 0. The maximum absolute atomic E-state index is 10.3. The summed E-state index contributed by atoms with van der Waals surface area (Å²) in [5.74, 6) is -0.803. The van der Waals surface area contributed by atoms with E-state index in [-0.39, 0.29) is 11.8 Å². The largest absolute Gasteiger partial charge is 0.501 e. The van der Waals surface area contributed by atoms with E-state index in [4.69, 9.17) is 9.84 Å². The van der Waals surface area contributed by atoms with Gasteiger partial charge in [0.15, 0.2) is 0 Å². The van der Waals surface area contributed by atoms with E-state index in [2.05, 4.69) is 6.58 Å². The van der Waals surface area contributed by atoms with E-state index in [1.807, 2.05) is 13.8 Å². The van der Waals surface area contributed by atoms with Gasteiger partial charge in [0.05, 0.1) is 19.3 Å². The Morgan fingerprint density at radius 3 is 2.64 bits per heavy atom. The average molecular weight is 158 g/mol. The Bertz CT molecular complexity index is 149. The molecule has 0 aromatic rings. The first kappa shape index (κ1) is 10.0. The third-order valence-electron chi connectivity index (χ3n) is 1.22. The second-order valence-electron chi connectivity index (χ2n) is 3.21. The molecule has 0 atom stereocenters. The van der Waals surface area contributed by atoms with Gasteiger partial charge in [-0.15, -0.1) is 0 Å².